The van der Waals surface area contributed by atoms with Crippen LogP contribution in [0, 0.1) is 11.5 Å². The standard InChI is InChI=1S/C16H22N2O2Si/c1-16(2)12-18(14(19)11-20-16)15-13(7-6-9-17-15)8-10-21(3,4)5/h6-7,9H,11-12H2,1-5H3. The van der Waals surface area contributed by atoms with Crippen molar-refractivity contribution >= 4 is 19.8 Å². The van der Waals surface area contributed by atoms with Gasteiger partial charge in [0.25, 0.3) is 5.91 Å². The number of nitrogens with zero attached hydrogens (tertiary/aromatic N) is 2. The molecule has 2 heterocycles. The number of rotatable bonds is 1. The Bertz CT molecular complexity index is 609. The largest absolute Gasteiger partial charge is 0.364 e. The average Bonchev–Trinajstić information content (AvgIpc) is 2.39. The van der Waals surface area contributed by atoms with E-state index in [4.69, 9.17) is 4.74 Å². The van der Waals surface area contributed by atoms with Gasteiger partial charge in [-0.25, -0.2) is 4.98 Å². The van der Waals surface area contributed by atoms with E-state index in [9.17, 15) is 4.79 Å². The van der Waals surface area contributed by atoms with Gasteiger partial charge in [0, 0.05) is 6.20 Å². The molecule has 1 fully saturated rings. The topological polar surface area (TPSA) is 42.4 Å². The fraction of sp³-hybridized carbons (Fsp3) is 0.500. The number of amides is 1. The molecule has 1 saturated heterocycles. The van der Waals surface area contributed by atoms with Crippen molar-refractivity contribution in [3.63, 3.8) is 0 Å². The first-order valence-corrected chi connectivity index (χ1v) is 10.6. The molecule has 0 bridgehead atoms. The number of carbonyl (C=O) groups is 1. The maximum atomic E-state index is 12.2. The average molecular weight is 302 g/mol. The fourth-order valence-corrected chi connectivity index (χ4v) is 2.52. The van der Waals surface area contributed by atoms with Crippen molar-refractivity contribution in [3.8, 4) is 11.5 Å². The zero-order chi connectivity index (χ0) is 15.7. The second kappa shape index (κ2) is 5.62. The summed E-state index contributed by atoms with van der Waals surface area (Å²) >= 11 is 0. The molecule has 112 valence electrons. The quantitative estimate of drug-likeness (QED) is 0.591. The number of hydrogen-bond acceptors (Lipinski definition) is 3. The van der Waals surface area contributed by atoms with E-state index in [0.29, 0.717) is 12.4 Å². The lowest BCUT2D eigenvalue weighted by molar-refractivity contribution is -0.135. The summed E-state index contributed by atoms with van der Waals surface area (Å²) in [5.41, 5.74) is 3.78. The third-order valence-electron chi connectivity index (χ3n) is 3.04. The van der Waals surface area contributed by atoms with E-state index in [1.807, 2.05) is 26.0 Å². The lowest BCUT2D eigenvalue weighted by Gasteiger charge is -2.37. The zero-order valence-corrected chi connectivity index (χ0v) is 14.4. The Kier molecular flexibility index (Phi) is 4.22. The van der Waals surface area contributed by atoms with Gasteiger partial charge in [0.2, 0.25) is 0 Å². The number of ether oxygens (including phenoxy) is 1. The van der Waals surface area contributed by atoms with Crippen molar-refractivity contribution in [2.45, 2.75) is 39.1 Å². The summed E-state index contributed by atoms with van der Waals surface area (Å²) in [7, 11) is -1.47. The van der Waals surface area contributed by atoms with Crippen LogP contribution in [0.1, 0.15) is 19.4 Å². The van der Waals surface area contributed by atoms with Gasteiger partial charge in [-0.05, 0) is 26.0 Å². The van der Waals surface area contributed by atoms with Crippen molar-refractivity contribution in [1.82, 2.24) is 4.98 Å². The highest BCUT2D eigenvalue weighted by molar-refractivity contribution is 6.83. The normalized spacial score (nSPS) is 18.1. The molecule has 0 atom stereocenters. The Hall–Kier alpha value is -1.64. The SMILES string of the molecule is CC1(C)CN(c2ncccc2C#C[Si](C)(C)C)C(=O)CO1. The van der Waals surface area contributed by atoms with Crippen LogP contribution in [-0.4, -0.2) is 37.7 Å². The van der Waals surface area contributed by atoms with E-state index in [1.165, 1.54) is 0 Å². The summed E-state index contributed by atoms with van der Waals surface area (Å²) < 4.78 is 5.54. The molecule has 0 aliphatic carbocycles. The van der Waals surface area contributed by atoms with Crippen LogP contribution in [-0.2, 0) is 9.53 Å². The first kappa shape index (κ1) is 15.7. The van der Waals surface area contributed by atoms with Gasteiger partial charge in [0.1, 0.15) is 14.7 Å². The Labute approximate surface area is 127 Å². The molecule has 0 saturated carbocycles. The van der Waals surface area contributed by atoms with Gasteiger partial charge in [0.15, 0.2) is 5.82 Å². The summed E-state index contributed by atoms with van der Waals surface area (Å²) in [5, 5.41) is 0. The van der Waals surface area contributed by atoms with E-state index in [2.05, 4.69) is 36.1 Å². The highest BCUT2D eigenvalue weighted by Gasteiger charge is 2.34. The highest BCUT2D eigenvalue weighted by atomic mass is 28.3. The predicted molar refractivity (Wildman–Crippen MR) is 86.8 cm³/mol. The molecule has 2 rings (SSSR count). The van der Waals surface area contributed by atoms with Crippen LogP contribution in [0.3, 0.4) is 0 Å². The van der Waals surface area contributed by atoms with Crippen LogP contribution >= 0.6 is 0 Å². The van der Waals surface area contributed by atoms with Crippen molar-refractivity contribution in [1.29, 1.82) is 0 Å². The van der Waals surface area contributed by atoms with E-state index in [1.54, 1.807) is 11.1 Å². The van der Waals surface area contributed by atoms with Crippen molar-refractivity contribution < 1.29 is 9.53 Å². The summed E-state index contributed by atoms with van der Waals surface area (Å²) in [6.45, 7) is 11.1. The molecule has 0 aromatic carbocycles. The number of aromatic nitrogens is 1. The first-order chi connectivity index (χ1) is 9.68. The smallest absolute Gasteiger partial charge is 0.254 e. The van der Waals surface area contributed by atoms with E-state index in [-0.39, 0.29) is 18.1 Å². The molecule has 1 amide bonds. The van der Waals surface area contributed by atoms with Crippen LogP contribution < -0.4 is 4.90 Å². The molecule has 21 heavy (non-hydrogen) atoms. The van der Waals surface area contributed by atoms with Crippen LogP contribution in [0.2, 0.25) is 19.6 Å². The molecule has 0 N–H and O–H groups in total. The molecule has 5 heteroatoms. The van der Waals surface area contributed by atoms with Gasteiger partial charge < -0.3 is 4.74 Å². The summed E-state index contributed by atoms with van der Waals surface area (Å²) in [4.78, 5) is 18.2. The maximum absolute atomic E-state index is 12.2. The molecule has 0 radical (unpaired) electrons. The Morgan fingerprint density at radius 3 is 2.76 bits per heavy atom. The molecule has 0 spiro atoms. The number of hydrogen-bond donors (Lipinski definition) is 0. The molecule has 4 nitrogen and oxygen atoms in total. The van der Waals surface area contributed by atoms with E-state index in [0.717, 1.165) is 5.56 Å². The van der Waals surface area contributed by atoms with Crippen LogP contribution in [0.15, 0.2) is 18.3 Å². The van der Waals surface area contributed by atoms with Crippen LogP contribution in [0.4, 0.5) is 5.82 Å². The number of carbonyl (C=O) groups excluding carboxylic acids is 1. The van der Waals surface area contributed by atoms with Crippen LogP contribution in [0.25, 0.3) is 0 Å². The number of anilines is 1. The monoisotopic (exact) mass is 302 g/mol. The van der Waals surface area contributed by atoms with Crippen molar-refractivity contribution in [2.75, 3.05) is 18.1 Å². The van der Waals surface area contributed by atoms with E-state index < -0.39 is 8.07 Å². The second-order valence-corrected chi connectivity index (χ2v) is 11.7. The minimum Gasteiger partial charge on any atom is -0.364 e. The Morgan fingerprint density at radius 2 is 2.10 bits per heavy atom. The van der Waals surface area contributed by atoms with Gasteiger partial charge in [0.05, 0.1) is 17.7 Å². The highest BCUT2D eigenvalue weighted by Crippen LogP contribution is 2.24. The van der Waals surface area contributed by atoms with Crippen molar-refractivity contribution in [3.05, 3.63) is 23.9 Å². The second-order valence-electron chi connectivity index (χ2n) is 6.90. The molecular formula is C16H22N2O2Si. The summed E-state index contributed by atoms with van der Waals surface area (Å²) in [6.07, 6.45) is 1.70. The minimum atomic E-state index is -1.47. The minimum absolute atomic E-state index is 0.0657. The molecule has 1 aliphatic heterocycles. The number of morpholine rings is 1. The predicted octanol–water partition coefficient (Wildman–Crippen LogP) is 2.45. The lowest BCUT2D eigenvalue weighted by Crippen LogP contribution is -2.52. The molecule has 1 aromatic rings. The summed E-state index contributed by atoms with van der Waals surface area (Å²) in [5.74, 6) is 3.79. The number of pyridine rings is 1. The van der Waals surface area contributed by atoms with Gasteiger partial charge in [-0.1, -0.05) is 25.6 Å². The maximum Gasteiger partial charge on any atom is 0.254 e. The molecule has 1 aliphatic rings. The fourth-order valence-electron chi connectivity index (χ4n) is 2.01. The van der Waals surface area contributed by atoms with Gasteiger partial charge in [-0.2, -0.15) is 0 Å². The van der Waals surface area contributed by atoms with Crippen molar-refractivity contribution in [2.24, 2.45) is 0 Å². The van der Waals surface area contributed by atoms with Gasteiger partial charge in [-0.15, -0.1) is 5.54 Å². The lowest BCUT2D eigenvalue weighted by atomic mass is 10.1. The third kappa shape index (κ3) is 4.16. The van der Waals surface area contributed by atoms with Crippen LogP contribution in [0.5, 0.6) is 0 Å². The Morgan fingerprint density at radius 1 is 1.38 bits per heavy atom. The molecule has 0 unspecified atom stereocenters. The van der Waals surface area contributed by atoms with E-state index >= 15 is 0 Å². The van der Waals surface area contributed by atoms with Gasteiger partial charge in [-0.3, -0.25) is 9.69 Å². The molecular weight excluding hydrogens is 280 g/mol. The zero-order valence-electron chi connectivity index (χ0n) is 13.4. The van der Waals surface area contributed by atoms with Gasteiger partial charge >= 0.3 is 0 Å². The first-order valence-electron chi connectivity index (χ1n) is 7.10. The molecule has 1 aromatic heterocycles. The summed E-state index contributed by atoms with van der Waals surface area (Å²) in [6, 6.07) is 3.78. The Balaban J connectivity index is 2.39. The third-order valence-corrected chi connectivity index (χ3v) is 3.92.